The molecule has 2 N–H and O–H groups in total. The van der Waals surface area contributed by atoms with E-state index in [0.29, 0.717) is 17.8 Å². The molecule has 0 bridgehead atoms. The highest BCUT2D eigenvalue weighted by molar-refractivity contribution is 6.32. The van der Waals surface area contributed by atoms with Gasteiger partial charge in [-0.3, -0.25) is 9.59 Å². The van der Waals surface area contributed by atoms with E-state index in [1.54, 1.807) is 0 Å². The van der Waals surface area contributed by atoms with Crippen LogP contribution in [0.15, 0.2) is 10.9 Å². The van der Waals surface area contributed by atoms with Crippen molar-refractivity contribution in [3.8, 4) is 0 Å². The van der Waals surface area contributed by atoms with Crippen molar-refractivity contribution in [2.75, 3.05) is 0 Å². The van der Waals surface area contributed by atoms with Gasteiger partial charge in [-0.1, -0.05) is 90.0 Å². The normalized spacial score (nSPS) is 16.9. The second-order valence-corrected chi connectivity index (χ2v) is 16.9. The summed E-state index contributed by atoms with van der Waals surface area (Å²) in [5.74, 6) is -4.02. The van der Waals surface area contributed by atoms with Crippen molar-refractivity contribution in [3.05, 3.63) is 10.9 Å². The maximum atomic E-state index is 12.5. The van der Waals surface area contributed by atoms with Crippen LogP contribution in [-0.2, 0) is 14.3 Å². The van der Waals surface area contributed by atoms with Gasteiger partial charge in [-0.25, -0.2) is 0 Å². The maximum absolute atomic E-state index is 12.5. The minimum Gasteiger partial charge on any atom is -0.481 e. The molecule has 0 saturated carbocycles. The third-order valence-electron chi connectivity index (χ3n) is 10.8. The zero-order chi connectivity index (χ0) is 32.7. The third kappa shape index (κ3) is 8.19. The lowest BCUT2D eigenvalue weighted by Crippen LogP contribution is -2.58. The Balaban J connectivity index is 7.17. The number of aliphatic carboxylic acids is 2. The van der Waals surface area contributed by atoms with Gasteiger partial charge in [0.1, 0.15) is 15.7 Å². The summed E-state index contributed by atoms with van der Waals surface area (Å²) in [6, 6.07) is 0. The lowest BCUT2D eigenvalue weighted by Gasteiger charge is -2.58. The fraction of sp³-hybridized carbons (Fsp3) is 0.879. The SMILES string of the molecule is [B]/C(=C(/[B])C(C)(C)C(C)(C)C(C)(C)OC(C)(C)C(C)(C)C(C)C)C(C(CC(=O)O)C(=O)O)C(C)(C)CC(C)(C)C. The van der Waals surface area contributed by atoms with Crippen LogP contribution in [0, 0.1) is 44.8 Å². The summed E-state index contributed by atoms with van der Waals surface area (Å²) in [6.07, 6.45) is 0.0808. The first-order valence-corrected chi connectivity index (χ1v) is 14.7. The van der Waals surface area contributed by atoms with Crippen LogP contribution >= 0.6 is 0 Å². The molecule has 0 rings (SSSR count). The summed E-state index contributed by atoms with van der Waals surface area (Å²) in [5.41, 5.74) is -2.79. The largest absolute Gasteiger partial charge is 0.481 e. The molecule has 0 saturated heterocycles. The highest BCUT2D eigenvalue weighted by Crippen LogP contribution is 2.56. The predicted octanol–water partition coefficient (Wildman–Crippen LogP) is 8.10. The Labute approximate surface area is 249 Å². The van der Waals surface area contributed by atoms with Gasteiger partial charge in [-0.15, -0.1) is 10.9 Å². The Kier molecular flexibility index (Phi) is 11.8. The summed E-state index contributed by atoms with van der Waals surface area (Å²) in [7, 11) is 13.9. The van der Waals surface area contributed by atoms with Crippen LogP contribution in [0.1, 0.15) is 131 Å². The van der Waals surface area contributed by atoms with Crippen LogP contribution in [0.5, 0.6) is 0 Å². The van der Waals surface area contributed by atoms with Crippen molar-refractivity contribution < 1.29 is 24.5 Å². The molecule has 0 aromatic rings. The lowest BCUT2D eigenvalue weighted by molar-refractivity contribution is -0.236. The molecule has 0 heterocycles. The quantitative estimate of drug-likeness (QED) is 0.211. The van der Waals surface area contributed by atoms with Crippen molar-refractivity contribution in [3.63, 3.8) is 0 Å². The van der Waals surface area contributed by atoms with Crippen LogP contribution in [0.2, 0.25) is 0 Å². The zero-order valence-electron chi connectivity index (χ0n) is 28.9. The number of allylic oxidation sites excluding steroid dienone is 2. The molecule has 4 radical (unpaired) electrons. The standard InChI is InChI=1S/C33H60B2O5/c1-20(2)29(8,9)32(14,15)40-33(16,17)31(12,13)30(10,11)25(35)24(34)23(21(26(38)39)18-22(36)37)28(6,7)19-27(3,4)5/h20-21,23H,18-19H2,1-17H3,(H,36,37)(H,38,39)/b25-24+. The molecule has 0 amide bonds. The molecule has 0 aliphatic heterocycles. The smallest absolute Gasteiger partial charge is 0.307 e. The van der Waals surface area contributed by atoms with E-state index in [1.807, 2.05) is 27.7 Å². The molecule has 2 atom stereocenters. The van der Waals surface area contributed by atoms with E-state index in [-0.39, 0.29) is 16.3 Å². The lowest BCUT2D eigenvalue weighted by atomic mass is 9.48. The fourth-order valence-electron chi connectivity index (χ4n) is 6.40. The summed E-state index contributed by atoms with van der Waals surface area (Å²) in [5, 5.41) is 19.9. The summed E-state index contributed by atoms with van der Waals surface area (Å²) < 4.78 is 6.97. The molecular formula is C33H60B2O5. The minimum atomic E-state index is -1.23. The highest BCUT2D eigenvalue weighted by Gasteiger charge is 2.54. The number of carboxylic acids is 2. The van der Waals surface area contributed by atoms with Gasteiger partial charge in [-0.2, -0.15) is 0 Å². The van der Waals surface area contributed by atoms with Crippen molar-refractivity contribution in [1.29, 1.82) is 0 Å². The monoisotopic (exact) mass is 558 g/mol. The maximum Gasteiger partial charge on any atom is 0.307 e. The van der Waals surface area contributed by atoms with Gasteiger partial charge in [0, 0.05) is 5.41 Å². The molecule has 0 aliphatic carbocycles. The Morgan fingerprint density at radius 1 is 0.750 bits per heavy atom. The van der Waals surface area contributed by atoms with Gasteiger partial charge >= 0.3 is 11.9 Å². The van der Waals surface area contributed by atoms with Gasteiger partial charge in [0.2, 0.25) is 0 Å². The fourth-order valence-corrected chi connectivity index (χ4v) is 6.40. The average molecular weight is 558 g/mol. The van der Waals surface area contributed by atoms with Crippen LogP contribution in [-0.4, -0.2) is 49.0 Å². The number of carbonyl (C=O) groups is 2. The molecule has 40 heavy (non-hydrogen) atoms. The van der Waals surface area contributed by atoms with Gasteiger partial charge < -0.3 is 14.9 Å². The third-order valence-corrected chi connectivity index (χ3v) is 10.8. The topological polar surface area (TPSA) is 83.8 Å². The van der Waals surface area contributed by atoms with E-state index < -0.39 is 57.6 Å². The van der Waals surface area contributed by atoms with E-state index >= 15 is 0 Å². The van der Waals surface area contributed by atoms with Crippen molar-refractivity contribution >= 4 is 27.6 Å². The van der Waals surface area contributed by atoms with Gasteiger partial charge in [0.05, 0.1) is 23.5 Å². The second kappa shape index (κ2) is 12.2. The van der Waals surface area contributed by atoms with E-state index in [2.05, 4.69) is 90.0 Å². The average Bonchev–Trinajstić information content (AvgIpc) is 2.68. The van der Waals surface area contributed by atoms with Crippen molar-refractivity contribution in [1.82, 2.24) is 0 Å². The number of carboxylic acid groups (broad SMARTS) is 2. The van der Waals surface area contributed by atoms with Crippen LogP contribution < -0.4 is 0 Å². The number of hydrogen-bond acceptors (Lipinski definition) is 3. The zero-order valence-corrected chi connectivity index (χ0v) is 28.9. The molecule has 228 valence electrons. The number of rotatable bonds is 14. The van der Waals surface area contributed by atoms with E-state index in [1.165, 1.54) is 0 Å². The first-order chi connectivity index (χ1) is 17.3. The Morgan fingerprint density at radius 2 is 1.18 bits per heavy atom. The van der Waals surface area contributed by atoms with Crippen LogP contribution in [0.25, 0.3) is 0 Å². The van der Waals surface area contributed by atoms with Crippen LogP contribution in [0.3, 0.4) is 0 Å². The second-order valence-electron chi connectivity index (χ2n) is 16.9. The molecule has 0 aromatic heterocycles. The van der Waals surface area contributed by atoms with Crippen LogP contribution in [0.4, 0.5) is 0 Å². The summed E-state index contributed by atoms with van der Waals surface area (Å²) >= 11 is 0. The highest BCUT2D eigenvalue weighted by atomic mass is 16.5. The molecule has 0 aliphatic rings. The number of ether oxygens (including phenoxy) is 1. The van der Waals surface area contributed by atoms with E-state index in [0.717, 1.165) is 0 Å². The summed E-state index contributed by atoms with van der Waals surface area (Å²) in [6.45, 7) is 35.6. The van der Waals surface area contributed by atoms with Gasteiger partial charge in [-0.05, 0) is 67.6 Å². The van der Waals surface area contributed by atoms with Gasteiger partial charge in [0.25, 0.3) is 0 Å². The summed E-state index contributed by atoms with van der Waals surface area (Å²) in [4.78, 5) is 24.3. The van der Waals surface area contributed by atoms with Gasteiger partial charge in [0.15, 0.2) is 0 Å². The molecule has 0 spiro atoms. The molecule has 2 unspecified atom stereocenters. The Morgan fingerprint density at radius 3 is 1.50 bits per heavy atom. The molecular weight excluding hydrogens is 498 g/mol. The van der Waals surface area contributed by atoms with E-state index in [4.69, 9.17) is 20.4 Å². The predicted molar refractivity (Wildman–Crippen MR) is 169 cm³/mol. The first kappa shape index (κ1) is 38.8. The molecule has 7 heteroatoms. The Bertz CT molecular complexity index is 946. The van der Waals surface area contributed by atoms with Crippen molar-refractivity contribution in [2.45, 2.75) is 142 Å². The molecule has 5 nitrogen and oxygen atoms in total. The molecule has 0 aromatic carbocycles. The van der Waals surface area contributed by atoms with Crippen molar-refractivity contribution in [2.24, 2.45) is 44.8 Å². The van der Waals surface area contributed by atoms with E-state index in [9.17, 15) is 19.8 Å². The Hall–Kier alpha value is -1.23. The number of hydrogen-bond donors (Lipinski definition) is 2. The minimum absolute atomic E-state index is 0.126. The first-order valence-electron chi connectivity index (χ1n) is 14.7. The molecule has 0 fully saturated rings.